The van der Waals surface area contributed by atoms with E-state index in [9.17, 15) is 29.6 Å². The third-order valence-electron chi connectivity index (χ3n) is 22.9. The van der Waals surface area contributed by atoms with E-state index >= 15 is 8.78 Å². The molecule has 3 heterocycles. The lowest BCUT2D eigenvalue weighted by Crippen LogP contribution is -2.47. The Bertz CT molecular complexity index is 5980. The number of nitrogens with one attached hydrogen (secondary N) is 4. The minimum Gasteiger partial charge on any atom is -0.497 e. The number of hydrogen-bond donors (Lipinski definition) is 5. The van der Waals surface area contributed by atoms with Crippen molar-refractivity contribution in [2.24, 2.45) is 0 Å². The zero-order valence-electron chi connectivity index (χ0n) is 72.3. The Morgan fingerprint density at radius 2 is 0.783 bits per heavy atom. The standard InChI is InChI=1S/C33H36Cl2FN5O4S.C33H37ClFN5O4S.C24H26Cl2FN5O2S.CH2O2/c1-40(2)30-15-22(21-6-5-7-24(34)14-21)9-11-28(30)39-29-18-27(36)32(17-26(29)35)46(42,43)41(33-12-13-37-20-38-33)19-23-8-10-25(44-3)16-31(23)45-4;1-39(2)30-16-23(22-8-6-5-7-9-22)11-13-28(30)38-29-19-27(35)32(18-26(29)34)45(41,42)40(33-14-15-36-21-37-33)20-24-10-12-25(43-3)17-31(24)44-4;1-32(2)22-11-16(15-4-3-5-17(25)10-15)6-7-20(22)30-21-13-19(27)23(12-18(21)26)35(33,34)31-24-8-9-28-14-29-24;2-1-3/h5-8,10,12-14,16-18,20,22,28,30,39H,9,11,15,19H2,1-4H3;5-10,12,14-15,17-19,21,23,28,30,38H,11,13,16,20H2,1-4H3;3-5,8-10,12-14,16,20,22,30H,6-7,11H2,1-2H3,(H,28,29,31);1H,(H,2,3)/t22-,28-,30-;23-,28-,30-;16-,20-,22-;/m000./s1. The third kappa shape index (κ3) is 25.2. The molecular formula is C91H101Cl5F3N15O12S3. The molecule has 3 aliphatic rings. The largest absolute Gasteiger partial charge is 0.497 e. The molecule has 0 radical (unpaired) electrons. The minimum atomic E-state index is -4.51. The van der Waals surface area contributed by atoms with Crippen LogP contribution in [0.4, 0.5) is 47.7 Å². The Balaban J connectivity index is 0.000000186. The van der Waals surface area contributed by atoms with Crippen molar-refractivity contribution < 1.29 is 67.3 Å². The number of benzene rings is 8. The molecule has 0 amide bonds. The van der Waals surface area contributed by atoms with Crippen LogP contribution in [0.1, 0.15) is 103 Å². The average Bonchev–Trinajstić information content (AvgIpc) is 0.752. The van der Waals surface area contributed by atoms with E-state index in [0.29, 0.717) is 74.0 Å². The van der Waals surface area contributed by atoms with Gasteiger partial charge in [0.1, 0.15) is 91.6 Å². The highest BCUT2D eigenvalue weighted by Crippen LogP contribution is 2.44. The second-order valence-corrected chi connectivity index (χ2v) is 38.9. The van der Waals surface area contributed by atoms with Crippen LogP contribution >= 0.6 is 58.0 Å². The van der Waals surface area contributed by atoms with Crippen LogP contribution in [0.2, 0.25) is 25.1 Å². The highest BCUT2D eigenvalue weighted by molar-refractivity contribution is 7.93. The van der Waals surface area contributed by atoms with Gasteiger partial charge in [0.15, 0.2) is 0 Å². The molecule has 14 rings (SSSR count). The highest BCUT2D eigenvalue weighted by atomic mass is 35.5. The van der Waals surface area contributed by atoms with Crippen LogP contribution in [-0.4, -0.2) is 188 Å². The number of nitrogens with zero attached hydrogens (tertiary/aromatic N) is 11. The van der Waals surface area contributed by atoms with E-state index in [-0.39, 0.29) is 88.3 Å². The fourth-order valence-electron chi connectivity index (χ4n) is 16.4. The first-order valence-electron chi connectivity index (χ1n) is 40.9. The first kappa shape index (κ1) is 99.0. The maximum absolute atomic E-state index is 15.9. The van der Waals surface area contributed by atoms with Gasteiger partial charge in [0, 0.05) is 100 Å². The molecule has 0 bridgehead atoms. The van der Waals surface area contributed by atoms with Crippen molar-refractivity contribution >= 4 is 129 Å². The molecule has 0 aliphatic heterocycles. The summed E-state index contributed by atoms with van der Waals surface area (Å²) in [6, 6.07) is 47.8. The van der Waals surface area contributed by atoms with Crippen molar-refractivity contribution in [3.63, 3.8) is 0 Å². The minimum absolute atomic E-state index is 0.000986. The molecule has 3 aromatic heterocycles. The fraction of sp³-hybridized carbons (Fsp3) is 0.330. The molecule has 0 spiro atoms. The zero-order valence-corrected chi connectivity index (χ0v) is 78.5. The van der Waals surface area contributed by atoms with Gasteiger partial charge in [-0.25, -0.2) is 76.9 Å². The lowest BCUT2D eigenvalue weighted by Gasteiger charge is -2.41. The number of aromatic nitrogens is 6. The number of ether oxygens (including phenoxy) is 4. The second kappa shape index (κ2) is 45.3. The molecular weight excluding hydrogens is 1830 g/mol. The quantitative estimate of drug-likeness (QED) is 0.0272. The molecule has 8 aromatic carbocycles. The van der Waals surface area contributed by atoms with E-state index in [0.717, 1.165) is 108 Å². The number of likely N-dealkylation sites (N-methyl/N-ethyl adjacent to an activating group) is 3. The Morgan fingerprint density at radius 3 is 1.12 bits per heavy atom. The van der Waals surface area contributed by atoms with Gasteiger partial charge in [-0.15, -0.1) is 0 Å². The second-order valence-electron chi connectivity index (χ2n) is 31.5. The van der Waals surface area contributed by atoms with Gasteiger partial charge < -0.3 is 54.7 Å². The Kier molecular flexibility index (Phi) is 34.8. The van der Waals surface area contributed by atoms with Gasteiger partial charge in [0.25, 0.3) is 36.5 Å². The van der Waals surface area contributed by atoms with Crippen LogP contribution in [-0.2, 0) is 48.0 Å². The van der Waals surface area contributed by atoms with E-state index in [1.807, 2.05) is 84.8 Å². The molecule has 38 heteroatoms. The number of carboxylic acid groups (broad SMARTS) is 1. The molecule has 686 valence electrons. The number of methoxy groups -OCH3 is 4. The summed E-state index contributed by atoms with van der Waals surface area (Å²) in [5.74, 6) is 0.317. The molecule has 0 saturated heterocycles. The highest BCUT2D eigenvalue weighted by Gasteiger charge is 2.40. The topological polar surface area (TPSA) is 318 Å². The molecule has 3 fully saturated rings. The Morgan fingerprint density at radius 1 is 0.426 bits per heavy atom. The van der Waals surface area contributed by atoms with Crippen molar-refractivity contribution in [2.75, 3.05) is 100 Å². The van der Waals surface area contributed by atoms with Crippen LogP contribution in [0.15, 0.2) is 222 Å². The van der Waals surface area contributed by atoms with E-state index in [4.69, 9.17) is 86.9 Å². The number of carbonyl (C=O) groups is 1. The Hall–Kier alpha value is -10.6. The molecule has 129 heavy (non-hydrogen) atoms. The van der Waals surface area contributed by atoms with Crippen molar-refractivity contribution in [3.8, 4) is 23.0 Å². The Labute approximate surface area is 775 Å². The average molecular weight is 1930 g/mol. The van der Waals surface area contributed by atoms with Crippen molar-refractivity contribution in [2.45, 2.75) is 140 Å². The first-order chi connectivity index (χ1) is 61.7. The summed E-state index contributed by atoms with van der Waals surface area (Å²) >= 11 is 32.3. The molecule has 11 aromatic rings. The third-order valence-corrected chi connectivity index (χ3v) is 29.3. The predicted octanol–water partition coefficient (Wildman–Crippen LogP) is 18.5. The summed E-state index contributed by atoms with van der Waals surface area (Å²) in [5.41, 5.74) is 5.75. The van der Waals surface area contributed by atoms with Crippen LogP contribution in [0.25, 0.3) is 0 Å². The van der Waals surface area contributed by atoms with Gasteiger partial charge in [0.2, 0.25) is 0 Å². The molecule has 5 N–H and O–H groups in total. The normalized spacial score (nSPS) is 18.6. The summed E-state index contributed by atoms with van der Waals surface area (Å²) < 4.78 is 154. The summed E-state index contributed by atoms with van der Waals surface area (Å²) in [6.45, 7) is -0.650. The zero-order chi connectivity index (χ0) is 93.0. The summed E-state index contributed by atoms with van der Waals surface area (Å²) in [7, 11) is 4.85. The maximum atomic E-state index is 15.9. The van der Waals surface area contributed by atoms with E-state index in [2.05, 4.69) is 102 Å². The van der Waals surface area contributed by atoms with Crippen LogP contribution in [0.5, 0.6) is 23.0 Å². The van der Waals surface area contributed by atoms with E-state index in [1.54, 1.807) is 36.4 Å². The number of halogens is 8. The van der Waals surface area contributed by atoms with Gasteiger partial charge in [0.05, 0.1) is 73.7 Å². The number of rotatable bonds is 29. The van der Waals surface area contributed by atoms with E-state index < -0.39 is 62.2 Å². The van der Waals surface area contributed by atoms with Crippen LogP contribution in [0, 0.1) is 17.5 Å². The molecule has 27 nitrogen and oxygen atoms in total. The summed E-state index contributed by atoms with van der Waals surface area (Å²) in [6.07, 6.45) is 15.8. The van der Waals surface area contributed by atoms with E-state index in [1.165, 1.54) is 101 Å². The summed E-state index contributed by atoms with van der Waals surface area (Å²) in [4.78, 5) is 36.8. The van der Waals surface area contributed by atoms with Gasteiger partial charge >= 0.3 is 0 Å². The molecule has 3 aliphatic carbocycles. The van der Waals surface area contributed by atoms with Gasteiger partial charge in [-0.2, -0.15) is 0 Å². The van der Waals surface area contributed by atoms with Crippen LogP contribution in [0.3, 0.4) is 0 Å². The number of sulfonamides is 3. The predicted molar refractivity (Wildman–Crippen MR) is 499 cm³/mol. The van der Waals surface area contributed by atoms with Gasteiger partial charge in [-0.3, -0.25) is 9.52 Å². The van der Waals surface area contributed by atoms with Crippen molar-refractivity contribution in [3.05, 3.63) is 278 Å². The lowest BCUT2D eigenvalue weighted by molar-refractivity contribution is -0.122. The van der Waals surface area contributed by atoms with Gasteiger partial charge in [-0.05, 0) is 226 Å². The van der Waals surface area contributed by atoms with Crippen molar-refractivity contribution in [1.82, 2.24) is 44.6 Å². The lowest BCUT2D eigenvalue weighted by atomic mass is 9.78. The monoisotopic (exact) mass is 1920 g/mol. The van der Waals surface area contributed by atoms with Crippen LogP contribution < -0.4 is 48.2 Å². The molecule has 9 atom stereocenters. The summed E-state index contributed by atoms with van der Waals surface area (Å²) in [5, 5.41) is 18.8. The fourth-order valence-corrected chi connectivity index (χ4v) is 21.7. The maximum Gasteiger partial charge on any atom is 0.290 e. The van der Waals surface area contributed by atoms with Gasteiger partial charge in [-0.1, -0.05) is 113 Å². The number of hydrogen-bond acceptors (Lipinski definition) is 23. The SMILES string of the molecule is CN(C)[C@H]1C[C@@H](c2cccc(Cl)c2)CC[C@@H]1Nc1cc(F)c(S(=O)(=O)Nc2ccncn2)cc1Cl.COc1ccc(CN(c2ccncn2)S(=O)(=O)c2cc(Cl)c(N[C@H]3CC[C@H](c4cccc(Cl)c4)C[C@@H]3N(C)C)cc2F)c(OC)c1.COc1ccc(CN(c2ccncn2)S(=O)(=O)c2cc(Cl)c(N[C@H]3CC[C@H](c4ccccc4)C[C@@H]3N(C)C)cc2F)c(OC)c1.O=CO. The molecule has 0 unspecified atom stereocenters. The first-order valence-corrected chi connectivity index (χ1v) is 47.1. The number of anilines is 6. The smallest absolute Gasteiger partial charge is 0.290 e. The molecule has 3 saturated carbocycles. The van der Waals surface area contributed by atoms with Crippen molar-refractivity contribution in [1.29, 1.82) is 0 Å².